The minimum Gasteiger partial charge on any atom is -0.492 e. The topological polar surface area (TPSA) is 52.0 Å². The molecule has 1 aliphatic heterocycles. The molecule has 0 amide bonds. The quantitative estimate of drug-likeness (QED) is 0.709. The standard InChI is InChI=1S/C19H22N4O/c1-2-6-17-16(4-1)5-3-7-18(17)24-11-10-20-12-15-8-9-19-22-21-14-23(19)13-15/h1-7,14-15,20H,8-13H2/t15-/m0/s1. The molecule has 1 atom stereocenters. The molecule has 0 bridgehead atoms. The molecule has 0 radical (unpaired) electrons. The fourth-order valence-electron chi connectivity index (χ4n) is 3.36. The van der Waals surface area contributed by atoms with Gasteiger partial charge in [0.1, 0.15) is 24.5 Å². The van der Waals surface area contributed by atoms with E-state index in [1.54, 1.807) is 0 Å². The third-order valence-electron chi connectivity index (χ3n) is 4.65. The SMILES string of the molecule is c1ccc2c(OCCNC[C@@H]3CCc4nncn4C3)cccc2c1. The summed E-state index contributed by atoms with van der Waals surface area (Å²) in [5, 5.41) is 14.0. The maximum atomic E-state index is 5.96. The Balaban J connectivity index is 1.24. The van der Waals surface area contributed by atoms with E-state index in [1.807, 2.05) is 18.5 Å². The molecular weight excluding hydrogens is 300 g/mol. The van der Waals surface area contributed by atoms with Gasteiger partial charge >= 0.3 is 0 Å². The van der Waals surface area contributed by atoms with Crippen molar-refractivity contribution in [2.24, 2.45) is 5.92 Å². The zero-order valence-electron chi connectivity index (χ0n) is 13.7. The van der Waals surface area contributed by atoms with E-state index >= 15 is 0 Å². The third-order valence-corrected chi connectivity index (χ3v) is 4.65. The van der Waals surface area contributed by atoms with Gasteiger partial charge in [0.15, 0.2) is 0 Å². The van der Waals surface area contributed by atoms with Gasteiger partial charge in [-0.05, 0) is 30.3 Å². The summed E-state index contributed by atoms with van der Waals surface area (Å²) in [6, 6.07) is 14.5. The van der Waals surface area contributed by atoms with Crippen LogP contribution in [0.15, 0.2) is 48.8 Å². The van der Waals surface area contributed by atoms with E-state index in [9.17, 15) is 0 Å². The maximum absolute atomic E-state index is 5.96. The fraction of sp³-hybridized carbons (Fsp3) is 0.368. The monoisotopic (exact) mass is 322 g/mol. The number of fused-ring (bicyclic) bond motifs is 2. The van der Waals surface area contributed by atoms with Crippen molar-refractivity contribution in [3.8, 4) is 5.75 Å². The first-order valence-corrected chi connectivity index (χ1v) is 8.58. The summed E-state index contributed by atoms with van der Waals surface area (Å²) in [4.78, 5) is 0. The lowest BCUT2D eigenvalue weighted by Crippen LogP contribution is -2.32. The Morgan fingerprint density at radius 1 is 1.17 bits per heavy atom. The van der Waals surface area contributed by atoms with Crippen LogP contribution in [0.1, 0.15) is 12.2 Å². The van der Waals surface area contributed by atoms with Gasteiger partial charge in [0.25, 0.3) is 0 Å². The molecule has 4 rings (SSSR count). The number of aromatic nitrogens is 3. The smallest absolute Gasteiger partial charge is 0.132 e. The fourth-order valence-corrected chi connectivity index (χ4v) is 3.36. The molecule has 1 aliphatic rings. The second-order valence-electron chi connectivity index (χ2n) is 6.33. The number of hydrogen-bond donors (Lipinski definition) is 1. The molecule has 2 aromatic carbocycles. The molecule has 1 aromatic heterocycles. The summed E-state index contributed by atoms with van der Waals surface area (Å²) in [7, 11) is 0. The first-order chi connectivity index (χ1) is 11.9. The third kappa shape index (κ3) is 3.26. The van der Waals surface area contributed by atoms with Crippen LogP contribution in [0.25, 0.3) is 10.8 Å². The van der Waals surface area contributed by atoms with Crippen LogP contribution < -0.4 is 10.1 Å². The molecule has 3 aromatic rings. The molecule has 0 aliphatic carbocycles. The normalized spacial score (nSPS) is 16.9. The van der Waals surface area contributed by atoms with Crippen molar-refractivity contribution in [3.63, 3.8) is 0 Å². The summed E-state index contributed by atoms with van der Waals surface area (Å²) >= 11 is 0. The highest BCUT2D eigenvalue weighted by atomic mass is 16.5. The lowest BCUT2D eigenvalue weighted by Gasteiger charge is -2.23. The number of aryl methyl sites for hydroxylation is 1. The molecule has 2 heterocycles. The summed E-state index contributed by atoms with van der Waals surface area (Å²) < 4.78 is 8.13. The van der Waals surface area contributed by atoms with Crippen LogP contribution in [-0.2, 0) is 13.0 Å². The zero-order chi connectivity index (χ0) is 16.2. The minimum atomic E-state index is 0.644. The molecule has 24 heavy (non-hydrogen) atoms. The van der Waals surface area contributed by atoms with Gasteiger partial charge < -0.3 is 14.6 Å². The van der Waals surface area contributed by atoms with Crippen molar-refractivity contribution in [2.75, 3.05) is 19.7 Å². The van der Waals surface area contributed by atoms with Crippen molar-refractivity contribution in [1.82, 2.24) is 20.1 Å². The molecule has 1 N–H and O–H groups in total. The van der Waals surface area contributed by atoms with E-state index in [-0.39, 0.29) is 0 Å². The van der Waals surface area contributed by atoms with E-state index in [0.717, 1.165) is 37.6 Å². The Morgan fingerprint density at radius 2 is 2.08 bits per heavy atom. The largest absolute Gasteiger partial charge is 0.492 e. The Bertz CT molecular complexity index is 808. The number of benzene rings is 2. The Hall–Kier alpha value is -2.40. The van der Waals surface area contributed by atoms with Gasteiger partial charge in [-0.15, -0.1) is 10.2 Å². The maximum Gasteiger partial charge on any atom is 0.132 e. The molecule has 124 valence electrons. The second kappa shape index (κ2) is 7.01. The van der Waals surface area contributed by atoms with Gasteiger partial charge in [-0.2, -0.15) is 0 Å². The highest BCUT2D eigenvalue weighted by Gasteiger charge is 2.18. The predicted molar refractivity (Wildman–Crippen MR) is 94.1 cm³/mol. The van der Waals surface area contributed by atoms with Crippen LogP contribution in [0.2, 0.25) is 0 Å². The van der Waals surface area contributed by atoms with Gasteiger partial charge in [0.05, 0.1) is 0 Å². The van der Waals surface area contributed by atoms with Crippen LogP contribution in [0.4, 0.5) is 0 Å². The molecule has 0 saturated carbocycles. The number of rotatable bonds is 6. The van der Waals surface area contributed by atoms with Gasteiger partial charge in [-0.3, -0.25) is 0 Å². The van der Waals surface area contributed by atoms with Crippen LogP contribution in [-0.4, -0.2) is 34.5 Å². The predicted octanol–water partition coefficient (Wildman–Crippen LogP) is 2.66. The molecule has 0 fully saturated rings. The highest BCUT2D eigenvalue weighted by Crippen LogP contribution is 2.24. The highest BCUT2D eigenvalue weighted by molar-refractivity contribution is 5.88. The zero-order valence-corrected chi connectivity index (χ0v) is 13.7. The molecule has 0 saturated heterocycles. The Kier molecular flexibility index (Phi) is 4.42. The van der Waals surface area contributed by atoms with Crippen LogP contribution >= 0.6 is 0 Å². The minimum absolute atomic E-state index is 0.644. The number of nitrogens with zero attached hydrogens (tertiary/aromatic N) is 3. The average Bonchev–Trinajstić information content (AvgIpc) is 3.09. The van der Waals surface area contributed by atoms with Crippen molar-refractivity contribution in [2.45, 2.75) is 19.4 Å². The summed E-state index contributed by atoms with van der Waals surface area (Å²) in [5.41, 5.74) is 0. The molecule has 5 heteroatoms. The summed E-state index contributed by atoms with van der Waals surface area (Å²) in [6.45, 7) is 3.56. The van der Waals surface area contributed by atoms with E-state index in [2.05, 4.69) is 50.4 Å². The average molecular weight is 322 g/mol. The van der Waals surface area contributed by atoms with Crippen LogP contribution in [0.5, 0.6) is 5.75 Å². The first kappa shape index (κ1) is 15.1. The number of hydrogen-bond acceptors (Lipinski definition) is 4. The van der Waals surface area contributed by atoms with E-state index < -0.39 is 0 Å². The summed E-state index contributed by atoms with van der Waals surface area (Å²) in [6.07, 6.45) is 4.04. The van der Waals surface area contributed by atoms with Crippen LogP contribution in [0.3, 0.4) is 0 Å². The Morgan fingerprint density at radius 3 is 3.08 bits per heavy atom. The Labute approximate surface area is 141 Å². The lowest BCUT2D eigenvalue weighted by molar-refractivity contribution is 0.298. The van der Waals surface area contributed by atoms with E-state index in [4.69, 9.17) is 4.74 Å². The second-order valence-corrected chi connectivity index (χ2v) is 6.33. The van der Waals surface area contributed by atoms with Crippen molar-refractivity contribution >= 4 is 10.8 Å². The van der Waals surface area contributed by atoms with Crippen molar-refractivity contribution in [3.05, 3.63) is 54.6 Å². The van der Waals surface area contributed by atoms with E-state index in [0.29, 0.717) is 12.5 Å². The van der Waals surface area contributed by atoms with Crippen molar-refractivity contribution < 1.29 is 4.74 Å². The van der Waals surface area contributed by atoms with Gasteiger partial charge in [0, 0.05) is 24.9 Å². The van der Waals surface area contributed by atoms with Gasteiger partial charge in [0.2, 0.25) is 0 Å². The van der Waals surface area contributed by atoms with Gasteiger partial charge in [-0.25, -0.2) is 0 Å². The lowest BCUT2D eigenvalue weighted by atomic mass is 9.99. The first-order valence-electron chi connectivity index (χ1n) is 8.58. The molecular formula is C19H22N4O. The summed E-state index contributed by atoms with van der Waals surface area (Å²) in [5.74, 6) is 2.72. The number of ether oxygens (including phenoxy) is 1. The van der Waals surface area contributed by atoms with Gasteiger partial charge in [-0.1, -0.05) is 36.4 Å². The number of nitrogens with one attached hydrogen (secondary N) is 1. The molecule has 0 unspecified atom stereocenters. The molecule has 5 nitrogen and oxygen atoms in total. The van der Waals surface area contributed by atoms with Crippen molar-refractivity contribution in [1.29, 1.82) is 0 Å². The van der Waals surface area contributed by atoms with E-state index in [1.165, 1.54) is 17.2 Å². The van der Waals surface area contributed by atoms with Crippen LogP contribution in [0, 0.1) is 5.92 Å². The molecule has 0 spiro atoms.